The van der Waals surface area contributed by atoms with Crippen LogP contribution in [-0.2, 0) is 4.74 Å². The van der Waals surface area contributed by atoms with Gasteiger partial charge < -0.3 is 15.2 Å². The Hall–Kier alpha value is -1.20. The van der Waals surface area contributed by atoms with Gasteiger partial charge in [-0.05, 0) is 19.1 Å². The second kappa shape index (κ2) is 5.06. The predicted molar refractivity (Wildman–Crippen MR) is 71.4 cm³/mol. The molecular weight excluding hydrogens is 247 g/mol. The van der Waals surface area contributed by atoms with E-state index in [0.29, 0.717) is 13.0 Å². The first-order valence-corrected chi connectivity index (χ1v) is 6.59. The zero-order valence-electron chi connectivity index (χ0n) is 11.6. The quantitative estimate of drug-likeness (QED) is 0.859. The van der Waals surface area contributed by atoms with Gasteiger partial charge in [0, 0.05) is 31.2 Å². The number of anilines is 1. The predicted octanol–water partition coefficient (Wildman–Crippen LogP) is 2.20. The van der Waals surface area contributed by atoms with Crippen molar-refractivity contribution in [2.24, 2.45) is 5.41 Å². The molecule has 0 amide bonds. The van der Waals surface area contributed by atoms with Crippen LogP contribution in [0, 0.1) is 11.2 Å². The van der Waals surface area contributed by atoms with Crippen LogP contribution in [0.3, 0.4) is 0 Å². The third-order valence-electron chi connectivity index (χ3n) is 4.20. The molecule has 0 bridgehead atoms. The van der Waals surface area contributed by atoms with E-state index < -0.39 is 11.4 Å². The summed E-state index contributed by atoms with van der Waals surface area (Å²) in [6.07, 6.45) is 2.11. The normalized spacial score (nSPS) is 28.8. The first-order chi connectivity index (χ1) is 8.90. The van der Waals surface area contributed by atoms with Crippen LogP contribution >= 0.6 is 0 Å². The van der Waals surface area contributed by atoms with E-state index >= 15 is 0 Å². The standard InChI is InChI=1S/C14H21FN2O2/c1-4-19-11-8-14(18,13(11,2)3)9-17-12-10(15)6-5-7-16-12/h5-7,11,18H,4,8-9H2,1-3H3,(H,16,17). The van der Waals surface area contributed by atoms with Gasteiger partial charge in [-0.25, -0.2) is 9.37 Å². The molecule has 0 radical (unpaired) electrons. The summed E-state index contributed by atoms with van der Waals surface area (Å²) in [5, 5.41) is 13.5. The lowest BCUT2D eigenvalue weighted by Crippen LogP contribution is -2.67. The number of halogens is 1. The summed E-state index contributed by atoms with van der Waals surface area (Å²) in [4.78, 5) is 3.91. The molecule has 5 heteroatoms. The van der Waals surface area contributed by atoms with Gasteiger partial charge in [-0.3, -0.25) is 0 Å². The summed E-state index contributed by atoms with van der Waals surface area (Å²) in [5.41, 5.74) is -1.27. The van der Waals surface area contributed by atoms with Crippen molar-refractivity contribution in [3.05, 3.63) is 24.1 Å². The van der Waals surface area contributed by atoms with Crippen molar-refractivity contribution in [1.29, 1.82) is 0 Å². The molecule has 0 spiro atoms. The van der Waals surface area contributed by atoms with Crippen molar-refractivity contribution in [2.45, 2.75) is 38.9 Å². The maximum absolute atomic E-state index is 13.4. The third kappa shape index (κ3) is 2.44. The third-order valence-corrected chi connectivity index (χ3v) is 4.20. The minimum atomic E-state index is -0.906. The van der Waals surface area contributed by atoms with E-state index in [0.717, 1.165) is 0 Å². The molecule has 1 aromatic rings. The number of hydrogen-bond donors (Lipinski definition) is 2. The first-order valence-electron chi connectivity index (χ1n) is 6.59. The Labute approximate surface area is 113 Å². The monoisotopic (exact) mass is 268 g/mol. The van der Waals surface area contributed by atoms with E-state index in [1.165, 1.54) is 18.3 Å². The van der Waals surface area contributed by atoms with Crippen molar-refractivity contribution < 1.29 is 14.2 Å². The number of aliphatic hydroxyl groups is 1. The molecule has 0 aromatic carbocycles. The lowest BCUT2D eigenvalue weighted by Gasteiger charge is -2.58. The molecule has 2 atom stereocenters. The Bertz CT molecular complexity index is 453. The van der Waals surface area contributed by atoms with E-state index in [2.05, 4.69) is 10.3 Å². The molecule has 1 saturated carbocycles. The van der Waals surface area contributed by atoms with E-state index in [1.54, 1.807) is 0 Å². The lowest BCUT2D eigenvalue weighted by molar-refractivity contribution is -0.233. The summed E-state index contributed by atoms with van der Waals surface area (Å²) in [5.74, 6) is -0.240. The molecule has 4 nitrogen and oxygen atoms in total. The van der Waals surface area contributed by atoms with Gasteiger partial charge in [0.25, 0.3) is 0 Å². The molecule has 1 heterocycles. The number of nitrogens with one attached hydrogen (secondary N) is 1. The van der Waals surface area contributed by atoms with E-state index in [1.807, 2.05) is 20.8 Å². The Morgan fingerprint density at radius 2 is 2.32 bits per heavy atom. The van der Waals surface area contributed by atoms with Gasteiger partial charge in [0.2, 0.25) is 0 Å². The second-order valence-corrected chi connectivity index (χ2v) is 5.59. The highest BCUT2D eigenvalue weighted by Crippen LogP contribution is 2.51. The molecule has 106 valence electrons. The molecule has 1 fully saturated rings. The van der Waals surface area contributed by atoms with Crippen molar-refractivity contribution in [3.8, 4) is 0 Å². The molecular formula is C14H21FN2O2. The Kier molecular flexibility index (Phi) is 3.78. The molecule has 1 aromatic heterocycles. The molecule has 1 aliphatic carbocycles. The summed E-state index contributed by atoms with van der Waals surface area (Å²) < 4.78 is 19.0. The van der Waals surface area contributed by atoms with Crippen molar-refractivity contribution in [3.63, 3.8) is 0 Å². The fraction of sp³-hybridized carbons (Fsp3) is 0.643. The van der Waals surface area contributed by atoms with Gasteiger partial charge >= 0.3 is 0 Å². The van der Waals surface area contributed by atoms with Crippen LogP contribution in [0.5, 0.6) is 0 Å². The van der Waals surface area contributed by atoms with Crippen LogP contribution in [0.1, 0.15) is 27.2 Å². The van der Waals surface area contributed by atoms with E-state index in [-0.39, 0.29) is 23.9 Å². The van der Waals surface area contributed by atoms with E-state index in [4.69, 9.17) is 4.74 Å². The SMILES string of the molecule is CCOC1CC(O)(CNc2ncccc2F)C1(C)C. The largest absolute Gasteiger partial charge is 0.387 e. The van der Waals surface area contributed by atoms with E-state index in [9.17, 15) is 9.50 Å². The minimum absolute atomic E-state index is 0.0397. The molecule has 2 N–H and O–H groups in total. The molecule has 2 rings (SSSR count). The molecule has 0 aliphatic heterocycles. The van der Waals surface area contributed by atoms with Gasteiger partial charge in [0.1, 0.15) is 0 Å². The summed E-state index contributed by atoms with van der Waals surface area (Å²) in [6.45, 7) is 6.76. The zero-order chi connectivity index (χ0) is 14.1. The summed E-state index contributed by atoms with van der Waals surface area (Å²) in [6, 6.07) is 2.88. The Morgan fingerprint density at radius 3 is 2.89 bits per heavy atom. The molecule has 19 heavy (non-hydrogen) atoms. The van der Waals surface area contributed by atoms with Gasteiger partial charge in [-0.15, -0.1) is 0 Å². The van der Waals surface area contributed by atoms with Crippen LogP contribution < -0.4 is 5.32 Å². The Balaban J connectivity index is 1.99. The zero-order valence-corrected chi connectivity index (χ0v) is 11.6. The minimum Gasteiger partial charge on any atom is -0.387 e. The molecule has 0 saturated heterocycles. The van der Waals surface area contributed by atoms with Crippen LogP contribution in [0.25, 0.3) is 0 Å². The Morgan fingerprint density at radius 1 is 1.58 bits per heavy atom. The fourth-order valence-electron chi connectivity index (χ4n) is 2.51. The van der Waals surface area contributed by atoms with Crippen LogP contribution in [0.4, 0.5) is 10.2 Å². The highest BCUT2D eigenvalue weighted by molar-refractivity contribution is 5.36. The van der Waals surface area contributed by atoms with Crippen LogP contribution in [-0.4, -0.2) is 34.9 Å². The number of hydrogen-bond acceptors (Lipinski definition) is 4. The summed E-state index contributed by atoms with van der Waals surface area (Å²) >= 11 is 0. The average Bonchev–Trinajstić information content (AvgIpc) is 2.37. The fourth-order valence-corrected chi connectivity index (χ4v) is 2.51. The van der Waals surface area contributed by atoms with Crippen LogP contribution in [0.15, 0.2) is 18.3 Å². The highest BCUT2D eigenvalue weighted by Gasteiger charge is 2.59. The lowest BCUT2D eigenvalue weighted by atomic mass is 9.56. The smallest absolute Gasteiger partial charge is 0.165 e. The number of nitrogens with zero attached hydrogens (tertiary/aromatic N) is 1. The van der Waals surface area contributed by atoms with Crippen molar-refractivity contribution in [1.82, 2.24) is 4.98 Å². The first kappa shape index (κ1) is 14.2. The van der Waals surface area contributed by atoms with Gasteiger partial charge in [0.05, 0.1) is 11.7 Å². The summed E-state index contributed by atoms with van der Waals surface area (Å²) in [7, 11) is 0. The average molecular weight is 268 g/mol. The van der Waals surface area contributed by atoms with Crippen LogP contribution in [0.2, 0.25) is 0 Å². The molecule has 2 unspecified atom stereocenters. The number of ether oxygens (including phenoxy) is 1. The highest BCUT2D eigenvalue weighted by atomic mass is 19.1. The number of aromatic nitrogens is 1. The topological polar surface area (TPSA) is 54.4 Å². The van der Waals surface area contributed by atoms with Crippen molar-refractivity contribution >= 4 is 5.82 Å². The van der Waals surface area contributed by atoms with Gasteiger partial charge in [-0.1, -0.05) is 13.8 Å². The van der Waals surface area contributed by atoms with Crippen molar-refractivity contribution in [2.75, 3.05) is 18.5 Å². The number of rotatable bonds is 5. The maximum Gasteiger partial charge on any atom is 0.165 e. The van der Waals surface area contributed by atoms with Gasteiger partial charge in [-0.2, -0.15) is 0 Å². The van der Waals surface area contributed by atoms with Gasteiger partial charge in [0.15, 0.2) is 11.6 Å². The molecule has 1 aliphatic rings. The maximum atomic E-state index is 13.4. The second-order valence-electron chi connectivity index (χ2n) is 5.59. The number of pyridine rings is 1.